The van der Waals surface area contributed by atoms with Crippen LogP contribution in [0.2, 0.25) is 0 Å². The maximum Gasteiger partial charge on any atom is 0.277 e. The summed E-state index contributed by atoms with van der Waals surface area (Å²) in [6.07, 6.45) is 1.32. The van der Waals surface area contributed by atoms with Gasteiger partial charge in [-0.15, -0.1) is 0 Å². The van der Waals surface area contributed by atoms with Crippen molar-refractivity contribution in [1.29, 1.82) is 0 Å². The number of nitrogen functional groups attached to an aromatic ring is 1. The van der Waals surface area contributed by atoms with Crippen molar-refractivity contribution in [3.8, 4) is 11.5 Å². The molecule has 0 unspecified atom stereocenters. The lowest BCUT2D eigenvalue weighted by Gasteiger charge is -2.01. The van der Waals surface area contributed by atoms with Gasteiger partial charge in [0, 0.05) is 11.4 Å². The molecule has 21 heavy (non-hydrogen) atoms. The number of aromatic nitrogens is 1. The highest BCUT2D eigenvalue weighted by molar-refractivity contribution is 6.02. The lowest BCUT2D eigenvalue weighted by molar-refractivity contribution is 0.102. The SMILES string of the molecule is Nc1ccccc1-c1nc(C(=O)Nc2ccccc2)co1. The minimum Gasteiger partial charge on any atom is -0.444 e. The molecule has 3 N–H and O–H groups in total. The van der Waals surface area contributed by atoms with Crippen LogP contribution in [0.4, 0.5) is 11.4 Å². The van der Waals surface area contributed by atoms with Gasteiger partial charge in [0.15, 0.2) is 5.69 Å². The van der Waals surface area contributed by atoms with Crippen molar-refractivity contribution in [3.63, 3.8) is 0 Å². The molecule has 0 aliphatic rings. The summed E-state index contributed by atoms with van der Waals surface area (Å²) < 4.78 is 5.34. The maximum atomic E-state index is 12.1. The summed E-state index contributed by atoms with van der Waals surface area (Å²) in [6.45, 7) is 0. The first kappa shape index (κ1) is 12.9. The minimum absolute atomic E-state index is 0.206. The molecule has 1 aromatic heterocycles. The van der Waals surface area contributed by atoms with Gasteiger partial charge in [0.05, 0.1) is 5.56 Å². The lowest BCUT2D eigenvalue weighted by Crippen LogP contribution is -2.12. The van der Waals surface area contributed by atoms with Gasteiger partial charge in [-0.25, -0.2) is 4.98 Å². The molecule has 5 nitrogen and oxygen atoms in total. The van der Waals surface area contributed by atoms with Crippen LogP contribution in [0.15, 0.2) is 65.3 Å². The normalized spacial score (nSPS) is 10.3. The second-order valence-electron chi connectivity index (χ2n) is 4.45. The highest BCUT2D eigenvalue weighted by Crippen LogP contribution is 2.24. The van der Waals surface area contributed by atoms with Crippen molar-refractivity contribution in [1.82, 2.24) is 4.98 Å². The molecule has 0 saturated heterocycles. The summed E-state index contributed by atoms with van der Waals surface area (Å²) in [6, 6.07) is 16.4. The summed E-state index contributed by atoms with van der Waals surface area (Å²) in [5.74, 6) is -0.00276. The number of nitrogens with two attached hydrogens (primary N) is 1. The smallest absolute Gasteiger partial charge is 0.277 e. The van der Waals surface area contributed by atoms with E-state index in [1.54, 1.807) is 24.3 Å². The first-order valence-corrected chi connectivity index (χ1v) is 6.41. The average molecular weight is 279 g/mol. The fourth-order valence-corrected chi connectivity index (χ4v) is 1.91. The summed E-state index contributed by atoms with van der Waals surface area (Å²) in [4.78, 5) is 16.3. The van der Waals surface area contributed by atoms with Crippen molar-refractivity contribution in [2.45, 2.75) is 0 Å². The number of nitrogens with zero attached hydrogens (tertiary/aromatic N) is 1. The second-order valence-corrected chi connectivity index (χ2v) is 4.45. The third kappa shape index (κ3) is 2.76. The Morgan fingerprint density at radius 1 is 1.05 bits per heavy atom. The van der Waals surface area contributed by atoms with Crippen molar-refractivity contribution in [3.05, 3.63) is 66.6 Å². The van der Waals surface area contributed by atoms with Crippen molar-refractivity contribution >= 4 is 17.3 Å². The average Bonchev–Trinajstić information content (AvgIpc) is 2.98. The van der Waals surface area contributed by atoms with Crippen LogP contribution < -0.4 is 11.1 Å². The molecule has 3 aromatic rings. The summed E-state index contributed by atoms with van der Waals surface area (Å²) in [7, 11) is 0. The zero-order chi connectivity index (χ0) is 14.7. The van der Waals surface area contributed by atoms with Crippen LogP contribution in [0.3, 0.4) is 0 Å². The number of carbonyl (C=O) groups excluding carboxylic acids is 1. The Kier molecular flexibility index (Phi) is 3.39. The number of rotatable bonds is 3. The third-order valence-electron chi connectivity index (χ3n) is 2.96. The van der Waals surface area contributed by atoms with E-state index in [-0.39, 0.29) is 11.6 Å². The number of hydrogen-bond donors (Lipinski definition) is 2. The molecule has 0 bridgehead atoms. The van der Waals surface area contributed by atoms with Gasteiger partial charge in [-0.1, -0.05) is 30.3 Å². The number of hydrogen-bond acceptors (Lipinski definition) is 4. The molecule has 3 rings (SSSR count). The number of amides is 1. The highest BCUT2D eigenvalue weighted by atomic mass is 16.3. The standard InChI is InChI=1S/C16H13N3O2/c17-13-9-5-4-8-12(13)16-19-14(10-21-16)15(20)18-11-6-2-1-3-7-11/h1-10H,17H2,(H,18,20). The van der Waals surface area contributed by atoms with Gasteiger partial charge in [-0.3, -0.25) is 4.79 Å². The van der Waals surface area contributed by atoms with E-state index in [0.29, 0.717) is 22.8 Å². The van der Waals surface area contributed by atoms with Crippen molar-refractivity contribution in [2.24, 2.45) is 0 Å². The Morgan fingerprint density at radius 3 is 2.52 bits per heavy atom. The van der Waals surface area contributed by atoms with Gasteiger partial charge in [0.1, 0.15) is 6.26 Å². The van der Waals surface area contributed by atoms with Crippen LogP contribution in [-0.4, -0.2) is 10.9 Å². The molecule has 2 aromatic carbocycles. The van der Waals surface area contributed by atoms with Gasteiger partial charge in [-0.05, 0) is 24.3 Å². The third-order valence-corrected chi connectivity index (χ3v) is 2.96. The van der Waals surface area contributed by atoms with Gasteiger partial charge >= 0.3 is 0 Å². The van der Waals surface area contributed by atoms with Gasteiger partial charge in [-0.2, -0.15) is 0 Å². The van der Waals surface area contributed by atoms with E-state index in [0.717, 1.165) is 0 Å². The second kappa shape index (κ2) is 5.50. The number of para-hydroxylation sites is 2. The molecule has 0 saturated carbocycles. The van der Waals surface area contributed by atoms with Crippen molar-refractivity contribution in [2.75, 3.05) is 11.1 Å². The fourth-order valence-electron chi connectivity index (χ4n) is 1.91. The molecule has 104 valence electrons. The van der Waals surface area contributed by atoms with E-state index in [1.807, 2.05) is 30.3 Å². The van der Waals surface area contributed by atoms with E-state index >= 15 is 0 Å². The van der Waals surface area contributed by atoms with E-state index in [9.17, 15) is 4.79 Å². The van der Waals surface area contributed by atoms with Crippen LogP contribution in [0, 0.1) is 0 Å². The molecule has 0 aliphatic heterocycles. The zero-order valence-electron chi connectivity index (χ0n) is 11.1. The molecule has 1 heterocycles. The van der Waals surface area contributed by atoms with E-state index in [1.165, 1.54) is 6.26 Å². The Morgan fingerprint density at radius 2 is 1.76 bits per heavy atom. The Bertz CT molecular complexity index is 766. The minimum atomic E-state index is -0.328. The Labute approximate surface area is 121 Å². The quantitative estimate of drug-likeness (QED) is 0.721. The number of oxazole rings is 1. The summed E-state index contributed by atoms with van der Waals surface area (Å²) in [5.41, 5.74) is 7.98. The summed E-state index contributed by atoms with van der Waals surface area (Å²) in [5, 5.41) is 2.74. The van der Waals surface area contributed by atoms with Crippen LogP contribution in [0.5, 0.6) is 0 Å². The molecule has 0 radical (unpaired) electrons. The van der Waals surface area contributed by atoms with Gasteiger partial charge < -0.3 is 15.5 Å². The van der Waals surface area contributed by atoms with E-state index in [4.69, 9.17) is 10.2 Å². The monoisotopic (exact) mass is 279 g/mol. The molecule has 0 aliphatic carbocycles. The topological polar surface area (TPSA) is 81.1 Å². The lowest BCUT2D eigenvalue weighted by atomic mass is 10.2. The van der Waals surface area contributed by atoms with Crippen molar-refractivity contribution < 1.29 is 9.21 Å². The van der Waals surface area contributed by atoms with E-state index < -0.39 is 0 Å². The number of anilines is 2. The first-order valence-electron chi connectivity index (χ1n) is 6.41. The Balaban J connectivity index is 1.82. The van der Waals surface area contributed by atoms with Crippen LogP contribution >= 0.6 is 0 Å². The maximum absolute atomic E-state index is 12.1. The first-order chi connectivity index (χ1) is 10.2. The van der Waals surface area contributed by atoms with Gasteiger partial charge in [0.25, 0.3) is 5.91 Å². The number of nitrogens with one attached hydrogen (secondary N) is 1. The van der Waals surface area contributed by atoms with Crippen LogP contribution in [0.1, 0.15) is 10.5 Å². The van der Waals surface area contributed by atoms with Crippen LogP contribution in [0.25, 0.3) is 11.5 Å². The zero-order valence-corrected chi connectivity index (χ0v) is 11.1. The molecule has 0 atom stereocenters. The number of benzene rings is 2. The predicted octanol–water partition coefficient (Wildman–Crippen LogP) is 3.18. The highest BCUT2D eigenvalue weighted by Gasteiger charge is 2.14. The number of carbonyl (C=O) groups is 1. The summed E-state index contributed by atoms with van der Waals surface area (Å²) >= 11 is 0. The molecule has 0 fully saturated rings. The molecular formula is C16H13N3O2. The van der Waals surface area contributed by atoms with Gasteiger partial charge in [0.2, 0.25) is 5.89 Å². The molecular weight excluding hydrogens is 266 g/mol. The Hall–Kier alpha value is -3.08. The molecule has 5 heteroatoms. The van der Waals surface area contributed by atoms with Crippen LogP contribution in [-0.2, 0) is 0 Å². The fraction of sp³-hybridized carbons (Fsp3) is 0. The van der Waals surface area contributed by atoms with E-state index in [2.05, 4.69) is 10.3 Å². The molecule has 1 amide bonds. The molecule has 0 spiro atoms. The largest absolute Gasteiger partial charge is 0.444 e. The predicted molar refractivity (Wildman–Crippen MR) is 80.7 cm³/mol.